The van der Waals surface area contributed by atoms with Crippen LogP contribution in [0.4, 0.5) is 0 Å². The SMILES string of the molecule is C1CC2CCCC(C1)B2C1CC2CCC1CC2. The molecule has 5 aliphatic rings. The molecule has 94 valence electrons. The highest BCUT2D eigenvalue weighted by molar-refractivity contribution is 6.64. The summed E-state index contributed by atoms with van der Waals surface area (Å²) in [6.45, 7) is 1.19. The third kappa shape index (κ3) is 1.80. The van der Waals surface area contributed by atoms with Gasteiger partial charge in [-0.15, -0.1) is 0 Å². The van der Waals surface area contributed by atoms with Crippen LogP contribution in [0.2, 0.25) is 17.5 Å². The molecule has 0 spiro atoms. The lowest BCUT2D eigenvalue weighted by atomic mass is 9.19. The van der Waals surface area contributed by atoms with Crippen molar-refractivity contribution < 1.29 is 0 Å². The van der Waals surface area contributed by atoms with Crippen LogP contribution < -0.4 is 0 Å². The highest BCUT2D eigenvalue weighted by Crippen LogP contribution is 2.58. The number of fused-ring (bicyclic) bond motifs is 6. The quantitative estimate of drug-likeness (QED) is 0.545. The summed E-state index contributed by atoms with van der Waals surface area (Å²) >= 11 is 0. The molecule has 3 aliphatic carbocycles. The van der Waals surface area contributed by atoms with Gasteiger partial charge in [0.2, 0.25) is 0 Å². The Morgan fingerprint density at radius 3 is 1.71 bits per heavy atom. The van der Waals surface area contributed by atoms with Crippen molar-refractivity contribution in [3.05, 3.63) is 0 Å². The fraction of sp³-hybridized carbons (Fsp3) is 1.00. The molecule has 2 heterocycles. The fourth-order valence-electron chi connectivity index (χ4n) is 6.33. The smallest absolute Gasteiger partial charge is 0.0617 e. The predicted octanol–water partition coefficient (Wildman–Crippen LogP) is 5.17. The topological polar surface area (TPSA) is 0 Å². The van der Waals surface area contributed by atoms with Crippen LogP contribution in [0.25, 0.3) is 0 Å². The minimum absolute atomic E-state index is 1.15. The third-order valence-electron chi connectivity index (χ3n) is 6.99. The van der Waals surface area contributed by atoms with Crippen LogP contribution in [0.1, 0.15) is 70.6 Å². The molecule has 0 aromatic heterocycles. The van der Waals surface area contributed by atoms with Crippen LogP contribution >= 0.6 is 0 Å². The third-order valence-corrected chi connectivity index (χ3v) is 6.99. The summed E-state index contributed by atoms with van der Waals surface area (Å²) in [6, 6.07) is 0. The average Bonchev–Trinajstić information content (AvgIpc) is 2.39. The summed E-state index contributed by atoms with van der Waals surface area (Å²) in [6.07, 6.45) is 17.5. The van der Waals surface area contributed by atoms with Gasteiger partial charge in [-0.05, 0) is 11.8 Å². The summed E-state index contributed by atoms with van der Waals surface area (Å²) in [5.74, 6) is 5.80. The summed E-state index contributed by atoms with van der Waals surface area (Å²) in [4.78, 5) is 0. The standard InChI is InChI=1S/C16H27B/c1-3-14-5-2-6-15(4-1)17(14)16-11-12-7-9-13(16)10-8-12/h12-16H,1-11H2. The maximum absolute atomic E-state index is 1.64. The summed E-state index contributed by atoms with van der Waals surface area (Å²) in [7, 11) is 0. The first-order chi connectivity index (χ1) is 8.42. The zero-order valence-corrected chi connectivity index (χ0v) is 11.2. The Balaban J connectivity index is 1.57. The zero-order chi connectivity index (χ0) is 11.2. The largest absolute Gasteiger partial charge is 0.149 e. The van der Waals surface area contributed by atoms with Crippen LogP contribution in [0, 0.1) is 11.8 Å². The van der Waals surface area contributed by atoms with E-state index in [0.29, 0.717) is 0 Å². The van der Waals surface area contributed by atoms with Gasteiger partial charge < -0.3 is 0 Å². The first-order valence-electron chi connectivity index (χ1n) is 8.42. The molecule has 17 heavy (non-hydrogen) atoms. The Kier molecular flexibility index (Phi) is 2.78. The first kappa shape index (κ1) is 10.9. The van der Waals surface area contributed by atoms with E-state index in [4.69, 9.17) is 0 Å². The molecule has 0 aromatic rings. The molecule has 1 heteroatoms. The molecule has 1 atom stereocenters. The van der Waals surface area contributed by atoms with E-state index in [1.54, 1.807) is 70.6 Å². The Morgan fingerprint density at radius 1 is 0.647 bits per heavy atom. The van der Waals surface area contributed by atoms with Crippen molar-refractivity contribution in [3.63, 3.8) is 0 Å². The van der Waals surface area contributed by atoms with E-state index in [0.717, 1.165) is 23.5 Å². The molecule has 1 unspecified atom stereocenters. The molecule has 3 saturated carbocycles. The molecule has 5 fully saturated rings. The highest BCUT2D eigenvalue weighted by Gasteiger charge is 2.48. The van der Waals surface area contributed by atoms with Crippen molar-refractivity contribution in [2.24, 2.45) is 11.8 Å². The highest BCUT2D eigenvalue weighted by atomic mass is 14.4. The van der Waals surface area contributed by atoms with Crippen molar-refractivity contribution in [1.82, 2.24) is 0 Å². The van der Waals surface area contributed by atoms with Crippen molar-refractivity contribution in [1.29, 1.82) is 0 Å². The number of hydrogen-bond donors (Lipinski definition) is 0. The van der Waals surface area contributed by atoms with Gasteiger partial charge in [-0.25, -0.2) is 0 Å². The Morgan fingerprint density at radius 2 is 1.24 bits per heavy atom. The van der Waals surface area contributed by atoms with Gasteiger partial charge in [0, 0.05) is 0 Å². The Bertz CT molecular complexity index is 257. The monoisotopic (exact) mass is 230 g/mol. The van der Waals surface area contributed by atoms with Gasteiger partial charge in [0.15, 0.2) is 0 Å². The maximum atomic E-state index is 1.64. The molecule has 4 bridgehead atoms. The molecule has 2 saturated heterocycles. The lowest BCUT2D eigenvalue weighted by molar-refractivity contribution is 0.169. The summed E-state index contributed by atoms with van der Waals surface area (Å²) in [5.41, 5.74) is 0. The average molecular weight is 230 g/mol. The van der Waals surface area contributed by atoms with Gasteiger partial charge in [-0.1, -0.05) is 88.1 Å². The van der Waals surface area contributed by atoms with Crippen molar-refractivity contribution >= 4 is 6.71 Å². The molecule has 0 aromatic carbocycles. The number of rotatable bonds is 1. The number of hydrogen-bond acceptors (Lipinski definition) is 0. The van der Waals surface area contributed by atoms with E-state index in [1.807, 2.05) is 0 Å². The normalized spacial score (nSPS) is 49.4. The molecule has 2 aliphatic heterocycles. The van der Waals surface area contributed by atoms with E-state index < -0.39 is 0 Å². The molecular formula is C16H27B. The minimum atomic E-state index is 1.15. The van der Waals surface area contributed by atoms with Gasteiger partial charge in [0.05, 0.1) is 0 Å². The van der Waals surface area contributed by atoms with E-state index >= 15 is 0 Å². The summed E-state index contributed by atoms with van der Waals surface area (Å²) in [5, 5.41) is 0. The molecule has 0 amide bonds. The van der Waals surface area contributed by atoms with Gasteiger partial charge in [-0.3, -0.25) is 0 Å². The summed E-state index contributed by atoms with van der Waals surface area (Å²) < 4.78 is 0. The second kappa shape index (κ2) is 4.32. The van der Waals surface area contributed by atoms with Gasteiger partial charge in [0.25, 0.3) is 0 Å². The minimum Gasteiger partial charge on any atom is -0.0617 e. The van der Waals surface area contributed by atoms with Crippen molar-refractivity contribution in [2.75, 3.05) is 0 Å². The predicted molar refractivity (Wildman–Crippen MR) is 74.8 cm³/mol. The second-order valence-corrected chi connectivity index (χ2v) is 7.64. The molecule has 0 radical (unpaired) electrons. The second-order valence-electron chi connectivity index (χ2n) is 7.64. The van der Waals surface area contributed by atoms with E-state index in [2.05, 4.69) is 0 Å². The van der Waals surface area contributed by atoms with Crippen molar-refractivity contribution in [3.8, 4) is 0 Å². The lowest BCUT2D eigenvalue weighted by Gasteiger charge is -2.52. The lowest BCUT2D eigenvalue weighted by Crippen LogP contribution is -2.44. The Hall–Kier alpha value is 0.0649. The van der Waals surface area contributed by atoms with E-state index in [-0.39, 0.29) is 0 Å². The van der Waals surface area contributed by atoms with Crippen LogP contribution in [-0.2, 0) is 0 Å². The zero-order valence-electron chi connectivity index (χ0n) is 11.2. The molecule has 0 N–H and O–H groups in total. The van der Waals surface area contributed by atoms with E-state index in [1.165, 1.54) is 12.5 Å². The van der Waals surface area contributed by atoms with Crippen LogP contribution in [0.15, 0.2) is 0 Å². The fourth-order valence-corrected chi connectivity index (χ4v) is 6.33. The maximum Gasteiger partial charge on any atom is 0.149 e. The molecule has 0 nitrogen and oxygen atoms in total. The van der Waals surface area contributed by atoms with Crippen LogP contribution in [-0.4, -0.2) is 6.71 Å². The first-order valence-corrected chi connectivity index (χ1v) is 8.42. The molecular weight excluding hydrogens is 203 g/mol. The van der Waals surface area contributed by atoms with E-state index in [9.17, 15) is 0 Å². The van der Waals surface area contributed by atoms with Crippen LogP contribution in [0.5, 0.6) is 0 Å². The van der Waals surface area contributed by atoms with Gasteiger partial charge in [-0.2, -0.15) is 0 Å². The van der Waals surface area contributed by atoms with Crippen LogP contribution in [0.3, 0.4) is 0 Å². The Labute approximate surface area is 107 Å². The van der Waals surface area contributed by atoms with Gasteiger partial charge >= 0.3 is 0 Å². The van der Waals surface area contributed by atoms with Gasteiger partial charge in [0.1, 0.15) is 6.71 Å². The van der Waals surface area contributed by atoms with Crippen molar-refractivity contribution in [2.45, 2.75) is 88.1 Å². The molecule has 5 rings (SSSR count).